The van der Waals surface area contributed by atoms with Gasteiger partial charge in [0.25, 0.3) is 11.8 Å². The van der Waals surface area contributed by atoms with E-state index in [1.165, 1.54) is 11.9 Å². The molecule has 1 N–H and O–H groups in total. The van der Waals surface area contributed by atoms with Gasteiger partial charge in [-0.2, -0.15) is 0 Å². The Morgan fingerprint density at radius 1 is 0.900 bits per heavy atom. The largest absolute Gasteiger partial charge is 0.303 e. The number of rotatable bonds is 9. The van der Waals surface area contributed by atoms with Crippen LogP contribution in [0.4, 0.5) is 0 Å². The van der Waals surface area contributed by atoms with Gasteiger partial charge in [0.05, 0.1) is 26.1 Å². The molecule has 0 radical (unpaired) electrons. The highest BCUT2D eigenvalue weighted by Gasteiger charge is 2.37. The van der Waals surface area contributed by atoms with Gasteiger partial charge in [-0.15, -0.1) is 0 Å². The van der Waals surface area contributed by atoms with Gasteiger partial charge < -0.3 is 4.90 Å². The molecule has 0 saturated carbocycles. The molecule has 1 fully saturated rings. The summed E-state index contributed by atoms with van der Waals surface area (Å²) in [5, 5.41) is 0.884. The number of nitrogens with zero attached hydrogens (tertiary/aromatic N) is 2. The van der Waals surface area contributed by atoms with E-state index in [0.717, 1.165) is 43.6 Å². The standard InChI is InChI=1S/C30H31Cl2N3O4S/c1-33-40(38,39)28-9-5-4-6-23(28)20-12-15-34(16-13-20)17-14-22(21-10-11-26(31)27(32)18-21)19-35-29(36)24-7-2-3-8-25(24)30(35)37/h2-11,18,20,22,33H,12-17,19H2,1H3. The number of piperidine rings is 1. The number of amides is 2. The van der Waals surface area contributed by atoms with Gasteiger partial charge in [-0.3, -0.25) is 14.5 Å². The van der Waals surface area contributed by atoms with Crippen LogP contribution in [0.25, 0.3) is 0 Å². The fourth-order valence-corrected chi connectivity index (χ4v) is 7.06. The Balaban J connectivity index is 1.28. The topological polar surface area (TPSA) is 86.8 Å². The van der Waals surface area contributed by atoms with Crippen LogP contribution in [0.3, 0.4) is 0 Å². The van der Waals surface area contributed by atoms with Gasteiger partial charge in [-0.05, 0) is 93.3 Å². The van der Waals surface area contributed by atoms with E-state index in [1.807, 2.05) is 24.3 Å². The van der Waals surface area contributed by atoms with Crippen LogP contribution in [-0.2, 0) is 10.0 Å². The lowest BCUT2D eigenvalue weighted by Gasteiger charge is -2.34. The van der Waals surface area contributed by atoms with Crippen molar-refractivity contribution in [3.63, 3.8) is 0 Å². The van der Waals surface area contributed by atoms with Gasteiger partial charge in [-0.1, -0.05) is 59.6 Å². The summed E-state index contributed by atoms with van der Waals surface area (Å²) in [5.41, 5.74) is 2.65. The molecule has 10 heteroatoms. The number of sulfonamides is 1. The summed E-state index contributed by atoms with van der Waals surface area (Å²) in [6.45, 7) is 2.65. The van der Waals surface area contributed by atoms with Gasteiger partial charge in [0.15, 0.2) is 0 Å². The molecule has 0 spiro atoms. The molecule has 2 aliphatic rings. The maximum atomic E-state index is 13.1. The van der Waals surface area contributed by atoms with Crippen molar-refractivity contribution in [1.29, 1.82) is 0 Å². The molecule has 3 aromatic carbocycles. The Labute approximate surface area is 245 Å². The molecule has 0 bridgehead atoms. The summed E-state index contributed by atoms with van der Waals surface area (Å²) < 4.78 is 27.5. The van der Waals surface area contributed by atoms with Crippen LogP contribution in [-0.4, -0.2) is 63.3 Å². The van der Waals surface area contributed by atoms with Crippen molar-refractivity contribution in [3.8, 4) is 0 Å². The van der Waals surface area contributed by atoms with E-state index >= 15 is 0 Å². The van der Waals surface area contributed by atoms with Crippen LogP contribution in [0.1, 0.15) is 62.9 Å². The van der Waals surface area contributed by atoms with Crippen molar-refractivity contribution in [1.82, 2.24) is 14.5 Å². The van der Waals surface area contributed by atoms with Crippen LogP contribution in [0.15, 0.2) is 71.6 Å². The number of carbonyl (C=O) groups is 2. The van der Waals surface area contributed by atoms with Crippen molar-refractivity contribution in [2.45, 2.75) is 36.0 Å². The number of halogens is 2. The van der Waals surface area contributed by atoms with Gasteiger partial charge >= 0.3 is 0 Å². The predicted molar refractivity (Wildman–Crippen MR) is 157 cm³/mol. The fraction of sp³-hybridized carbons (Fsp3) is 0.333. The van der Waals surface area contributed by atoms with E-state index < -0.39 is 10.0 Å². The number of hydrogen-bond donors (Lipinski definition) is 1. The monoisotopic (exact) mass is 599 g/mol. The van der Waals surface area contributed by atoms with Crippen molar-refractivity contribution < 1.29 is 18.0 Å². The first-order chi connectivity index (χ1) is 19.2. The number of carbonyl (C=O) groups excluding carboxylic acids is 2. The fourth-order valence-electron chi connectivity index (χ4n) is 5.73. The molecule has 1 unspecified atom stereocenters. The maximum absolute atomic E-state index is 13.1. The zero-order valence-corrected chi connectivity index (χ0v) is 24.5. The van der Waals surface area contributed by atoms with E-state index in [-0.39, 0.29) is 30.2 Å². The van der Waals surface area contributed by atoms with Crippen LogP contribution in [0.5, 0.6) is 0 Å². The number of likely N-dealkylation sites (tertiary alicyclic amines) is 1. The minimum absolute atomic E-state index is 0.129. The Bertz CT molecular complexity index is 1500. The van der Waals surface area contributed by atoms with Crippen LogP contribution >= 0.6 is 23.2 Å². The highest BCUT2D eigenvalue weighted by molar-refractivity contribution is 7.89. The van der Waals surface area contributed by atoms with Crippen LogP contribution in [0.2, 0.25) is 10.0 Å². The summed E-state index contributed by atoms with van der Waals surface area (Å²) in [6.07, 6.45) is 2.39. The summed E-state index contributed by atoms with van der Waals surface area (Å²) >= 11 is 12.5. The first-order valence-corrected chi connectivity index (χ1v) is 15.6. The lowest BCUT2D eigenvalue weighted by molar-refractivity contribution is 0.0639. The van der Waals surface area contributed by atoms with E-state index in [0.29, 0.717) is 32.5 Å². The third kappa shape index (κ3) is 5.83. The predicted octanol–water partition coefficient (Wildman–Crippen LogP) is 5.55. The molecule has 0 aliphatic carbocycles. The minimum atomic E-state index is -3.53. The molecule has 2 amide bonds. The van der Waals surface area contributed by atoms with Crippen LogP contribution < -0.4 is 4.72 Å². The smallest absolute Gasteiger partial charge is 0.261 e. The van der Waals surface area contributed by atoms with E-state index in [2.05, 4.69) is 9.62 Å². The highest BCUT2D eigenvalue weighted by atomic mass is 35.5. The van der Waals surface area contributed by atoms with Crippen molar-refractivity contribution in [2.24, 2.45) is 0 Å². The second-order valence-corrected chi connectivity index (χ2v) is 13.0. The van der Waals surface area contributed by atoms with Gasteiger partial charge in [0.1, 0.15) is 0 Å². The lowest BCUT2D eigenvalue weighted by atomic mass is 9.88. The van der Waals surface area contributed by atoms with Crippen molar-refractivity contribution in [3.05, 3.63) is 99.0 Å². The molecule has 2 heterocycles. The molecular weight excluding hydrogens is 569 g/mol. The zero-order valence-electron chi connectivity index (χ0n) is 22.1. The summed E-state index contributed by atoms with van der Waals surface area (Å²) in [7, 11) is -2.10. The number of benzene rings is 3. The summed E-state index contributed by atoms with van der Waals surface area (Å²) in [6, 6.07) is 19.6. The van der Waals surface area contributed by atoms with Crippen molar-refractivity contribution >= 4 is 45.0 Å². The average molecular weight is 601 g/mol. The maximum Gasteiger partial charge on any atom is 0.261 e. The van der Waals surface area contributed by atoms with Gasteiger partial charge in [0, 0.05) is 12.5 Å². The number of hydrogen-bond acceptors (Lipinski definition) is 5. The second kappa shape index (κ2) is 12.0. The molecular formula is C30H31Cl2N3O4S. The molecule has 5 rings (SSSR count). The Morgan fingerprint density at radius 2 is 1.52 bits per heavy atom. The Hall–Kier alpha value is -2.75. The summed E-state index contributed by atoms with van der Waals surface area (Å²) in [4.78, 5) is 30.2. The van der Waals surface area contributed by atoms with Crippen molar-refractivity contribution in [2.75, 3.05) is 33.2 Å². The third-order valence-electron chi connectivity index (χ3n) is 7.99. The number of imide groups is 1. The molecule has 40 heavy (non-hydrogen) atoms. The Kier molecular flexibility index (Phi) is 8.63. The molecule has 1 saturated heterocycles. The second-order valence-electron chi connectivity index (χ2n) is 10.3. The van der Waals surface area contributed by atoms with Crippen LogP contribution in [0, 0.1) is 0 Å². The third-order valence-corrected chi connectivity index (χ3v) is 10.2. The molecule has 7 nitrogen and oxygen atoms in total. The lowest BCUT2D eigenvalue weighted by Crippen LogP contribution is -2.37. The molecule has 210 valence electrons. The molecule has 1 atom stereocenters. The highest BCUT2D eigenvalue weighted by Crippen LogP contribution is 2.34. The molecule has 3 aromatic rings. The first-order valence-electron chi connectivity index (χ1n) is 13.3. The quantitative estimate of drug-likeness (QED) is 0.326. The Morgan fingerprint density at radius 3 is 2.15 bits per heavy atom. The van der Waals surface area contributed by atoms with Gasteiger partial charge in [-0.25, -0.2) is 13.1 Å². The number of fused-ring (bicyclic) bond motifs is 1. The van der Waals surface area contributed by atoms with E-state index in [1.54, 1.807) is 42.5 Å². The molecule has 2 aliphatic heterocycles. The minimum Gasteiger partial charge on any atom is -0.303 e. The number of nitrogens with one attached hydrogen (secondary N) is 1. The van der Waals surface area contributed by atoms with Gasteiger partial charge in [0.2, 0.25) is 10.0 Å². The SMILES string of the molecule is CNS(=O)(=O)c1ccccc1C1CCN(CCC(CN2C(=O)c3ccccc3C2=O)c2ccc(Cl)c(Cl)c2)CC1. The first kappa shape index (κ1) is 28.8. The normalized spacial score (nSPS) is 17.3. The summed E-state index contributed by atoms with van der Waals surface area (Å²) in [5.74, 6) is -0.528. The molecule has 0 aromatic heterocycles. The van der Waals surface area contributed by atoms with E-state index in [9.17, 15) is 18.0 Å². The van der Waals surface area contributed by atoms with E-state index in [4.69, 9.17) is 23.2 Å². The average Bonchev–Trinajstić information content (AvgIpc) is 3.21. The zero-order chi connectivity index (χ0) is 28.4.